The van der Waals surface area contributed by atoms with Crippen molar-refractivity contribution in [2.75, 3.05) is 19.5 Å². The highest BCUT2D eigenvalue weighted by Crippen LogP contribution is 2.28. The van der Waals surface area contributed by atoms with Crippen LogP contribution in [0, 0.1) is 5.92 Å². The van der Waals surface area contributed by atoms with Crippen LogP contribution in [-0.4, -0.2) is 27.9 Å². The molecule has 0 saturated carbocycles. The Morgan fingerprint density at radius 3 is 2.53 bits per heavy atom. The van der Waals surface area contributed by atoms with Gasteiger partial charge in [-0.05, 0) is 24.1 Å². The Balaban J connectivity index is 2.67. The van der Waals surface area contributed by atoms with E-state index in [0.29, 0.717) is 11.5 Å². The van der Waals surface area contributed by atoms with E-state index in [9.17, 15) is 8.42 Å². The summed E-state index contributed by atoms with van der Waals surface area (Å²) in [7, 11) is -1.89. The van der Waals surface area contributed by atoms with Crippen molar-refractivity contribution in [1.82, 2.24) is 0 Å². The highest BCUT2D eigenvalue weighted by molar-refractivity contribution is 7.89. The average Bonchev–Trinajstić information content (AvgIpc) is 2.34. The van der Waals surface area contributed by atoms with Crippen molar-refractivity contribution in [3.63, 3.8) is 0 Å². The molecule has 0 spiro atoms. The lowest BCUT2D eigenvalue weighted by atomic mass is 10.1. The molecule has 6 heteroatoms. The summed E-state index contributed by atoms with van der Waals surface area (Å²) in [6.07, 6.45) is 0.915. The summed E-state index contributed by atoms with van der Waals surface area (Å²) in [5.74, 6) is 0.996. The number of aryl methyl sites for hydroxylation is 1. The number of sulfonamides is 1. The van der Waals surface area contributed by atoms with Gasteiger partial charge in [-0.3, -0.25) is 0 Å². The molecule has 1 unspecified atom stereocenters. The maximum absolute atomic E-state index is 11.0. The van der Waals surface area contributed by atoms with Crippen molar-refractivity contribution in [1.29, 1.82) is 0 Å². The molecule has 0 aliphatic heterocycles. The fourth-order valence-corrected chi connectivity index (χ4v) is 2.62. The van der Waals surface area contributed by atoms with E-state index < -0.39 is 10.0 Å². The molecule has 0 fully saturated rings. The maximum Gasteiger partial charge on any atom is 0.209 e. The molecule has 0 saturated heterocycles. The van der Waals surface area contributed by atoms with Crippen LogP contribution in [0.15, 0.2) is 18.2 Å². The van der Waals surface area contributed by atoms with E-state index in [4.69, 9.17) is 14.6 Å². The second-order valence-electron chi connectivity index (χ2n) is 4.58. The van der Waals surface area contributed by atoms with E-state index >= 15 is 0 Å². The standard InChI is InChI=1S/C13H21NO4S/c1-4-11-5-6-12(13(7-11)17-3)18-8-10(2)9-19(14,15)16/h5-7,10H,4,8-9H2,1-3H3,(H2,14,15,16). The van der Waals surface area contributed by atoms with Gasteiger partial charge < -0.3 is 9.47 Å². The SMILES string of the molecule is CCc1ccc(OCC(C)CS(N)(=O)=O)c(OC)c1. The van der Waals surface area contributed by atoms with Gasteiger partial charge in [-0.25, -0.2) is 13.6 Å². The Hall–Kier alpha value is -1.27. The van der Waals surface area contributed by atoms with E-state index in [1.165, 1.54) is 0 Å². The number of rotatable bonds is 7. The number of ether oxygens (including phenoxy) is 2. The lowest BCUT2D eigenvalue weighted by Crippen LogP contribution is -2.25. The molecule has 1 rings (SSSR count). The number of primary sulfonamides is 1. The molecule has 0 aliphatic carbocycles. The molecule has 5 nitrogen and oxygen atoms in total. The molecule has 2 N–H and O–H groups in total. The topological polar surface area (TPSA) is 78.6 Å². The smallest absolute Gasteiger partial charge is 0.209 e. The van der Waals surface area contributed by atoms with Crippen molar-refractivity contribution in [2.24, 2.45) is 11.1 Å². The molecule has 1 aromatic rings. The number of nitrogens with two attached hydrogens (primary N) is 1. The minimum absolute atomic E-state index is 0.0949. The summed E-state index contributed by atoms with van der Waals surface area (Å²) in [6, 6.07) is 5.71. The zero-order chi connectivity index (χ0) is 14.5. The Kier molecular flexibility index (Phi) is 5.62. The van der Waals surface area contributed by atoms with Crippen LogP contribution in [0.1, 0.15) is 19.4 Å². The highest BCUT2D eigenvalue weighted by atomic mass is 32.2. The van der Waals surface area contributed by atoms with Gasteiger partial charge in [-0.15, -0.1) is 0 Å². The van der Waals surface area contributed by atoms with Gasteiger partial charge in [0, 0.05) is 5.92 Å². The Bertz CT molecular complexity index is 513. The maximum atomic E-state index is 11.0. The first-order chi connectivity index (χ1) is 8.85. The van der Waals surface area contributed by atoms with Gasteiger partial charge in [-0.2, -0.15) is 0 Å². The normalized spacial score (nSPS) is 13.1. The van der Waals surface area contributed by atoms with E-state index in [0.717, 1.165) is 12.0 Å². The Morgan fingerprint density at radius 2 is 2.00 bits per heavy atom. The molecule has 0 heterocycles. The molecular formula is C13H21NO4S. The molecule has 0 amide bonds. The van der Waals surface area contributed by atoms with Crippen LogP contribution in [-0.2, 0) is 16.4 Å². The van der Waals surface area contributed by atoms with E-state index in [-0.39, 0.29) is 18.3 Å². The van der Waals surface area contributed by atoms with Gasteiger partial charge >= 0.3 is 0 Å². The van der Waals surface area contributed by atoms with Gasteiger partial charge in [0.2, 0.25) is 10.0 Å². The minimum Gasteiger partial charge on any atom is -0.493 e. The average molecular weight is 287 g/mol. The number of benzene rings is 1. The lowest BCUT2D eigenvalue weighted by molar-refractivity contribution is 0.257. The monoisotopic (exact) mass is 287 g/mol. The Labute approximate surface area is 114 Å². The van der Waals surface area contributed by atoms with Crippen LogP contribution in [0.4, 0.5) is 0 Å². The summed E-state index contributed by atoms with van der Waals surface area (Å²) in [5.41, 5.74) is 1.15. The molecule has 19 heavy (non-hydrogen) atoms. The van der Waals surface area contributed by atoms with Crippen LogP contribution < -0.4 is 14.6 Å². The van der Waals surface area contributed by atoms with Gasteiger partial charge in [0.1, 0.15) is 0 Å². The Morgan fingerprint density at radius 1 is 1.32 bits per heavy atom. The fourth-order valence-electron chi connectivity index (χ4n) is 1.73. The summed E-state index contributed by atoms with van der Waals surface area (Å²) in [4.78, 5) is 0. The van der Waals surface area contributed by atoms with Gasteiger partial charge in [-0.1, -0.05) is 19.9 Å². The van der Waals surface area contributed by atoms with Gasteiger partial charge in [0.25, 0.3) is 0 Å². The molecule has 1 atom stereocenters. The van der Waals surface area contributed by atoms with E-state index in [1.54, 1.807) is 14.0 Å². The van der Waals surface area contributed by atoms with E-state index in [1.807, 2.05) is 18.2 Å². The number of methoxy groups -OCH3 is 1. The van der Waals surface area contributed by atoms with Gasteiger partial charge in [0.15, 0.2) is 11.5 Å². The summed E-state index contributed by atoms with van der Waals surface area (Å²) in [5, 5.41) is 4.99. The predicted octanol–water partition coefficient (Wildman–Crippen LogP) is 1.56. The minimum atomic E-state index is -3.47. The third-order valence-electron chi connectivity index (χ3n) is 2.68. The zero-order valence-corrected chi connectivity index (χ0v) is 12.4. The van der Waals surface area contributed by atoms with Crippen molar-refractivity contribution < 1.29 is 17.9 Å². The third-order valence-corrected chi connectivity index (χ3v) is 3.71. The van der Waals surface area contributed by atoms with Crippen LogP contribution >= 0.6 is 0 Å². The van der Waals surface area contributed by atoms with Crippen LogP contribution in [0.3, 0.4) is 0 Å². The van der Waals surface area contributed by atoms with Crippen LogP contribution in [0.5, 0.6) is 11.5 Å². The number of hydrogen-bond acceptors (Lipinski definition) is 4. The van der Waals surface area contributed by atoms with Crippen LogP contribution in [0.2, 0.25) is 0 Å². The molecule has 108 valence electrons. The second kappa shape index (κ2) is 6.77. The number of hydrogen-bond donors (Lipinski definition) is 1. The van der Waals surface area contributed by atoms with Crippen molar-refractivity contribution >= 4 is 10.0 Å². The molecule has 0 aliphatic rings. The fraction of sp³-hybridized carbons (Fsp3) is 0.538. The quantitative estimate of drug-likeness (QED) is 0.825. The third kappa shape index (κ3) is 5.48. The molecule has 0 bridgehead atoms. The largest absolute Gasteiger partial charge is 0.493 e. The van der Waals surface area contributed by atoms with Crippen molar-refractivity contribution in [2.45, 2.75) is 20.3 Å². The van der Waals surface area contributed by atoms with Crippen LogP contribution in [0.25, 0.3) is 0 Å². The van der Waals surface area contributed by atoms with Crippen molar-refractivity contribution in [3.05, 3.63) is 23.8 Å². The molecular weight excluding hydrogens is 266 g/mol. The first-order valence-corrected chi connectivity index (χ1v) is 7.87. The first-order valence-electron chi connectivity index (χ1n) is 6.16. The van der Waals surface area contributed by atoms with Gasteiger partial charge in [0.05, 0.1) is 19.5 Å². The zero-order valence-electron chi connectivity index (χ0n) is 11.5. The lowest BCUT2D eigenvalue weighted by Gasteiger charge is -2.15. The summed E-state index contributed by atoms with van der Waals surface area (Å²) < 4.78 is 32.8. The first kappa shape index (κ1) is 15.8. The summed E-state index contributed by atoms with van der Waals surface area (Å²) >= 11 is 0. The summed E-state index contributed by atoms with van der Waals surface area (Å²) in [6.45, 7) is 4.11. The van der Waals surface area contributed by atoms with E-state index in [2.05, 4.69) is 6.92 Å². The molecule has 0 aromatic heterocycles. The highest BCUT2D eigenvalue weighted by Gasteiger charge is 2.13. The van der Waals surface area contributed by atoms with Crippen molar-refractivity contribution in [3.8, 4) is 11.5 Å². The molecule has 0 radical (unpaired) electrons. The second-order valence-corrected chi connectivity index (χ2v) is 6.24. The molecule has 1 aromatic carbocycles. The predicted molar refractivity (Wildman–Crippen MR) is 75.0 cm³/mol.